The number of aryl methyl sites for hydroxylation is 1. The van der Waals surface area contributed by atoms with E-state index < -0.39 is 0 Å². The van der Waals surface area contributed by atoms with Gasteiger partial charge in [0.25, 0.3) is 0 Å². The summed E-state index contributed by atoms with van der Waals surface area (Å²) in [5, 5.41) is 4.93. The number of fused-ring (bicyclic) bond motifs is 1. The van der Waals surface area contributed by atoms with Gasteiger partial charge in [-0.05, 0) is 30.7 Å². The molecule has 4 nitrogen and oxygen atoms in total. The summed E-state index contributed by atoms with van der Waals surface area (Å²) >= 11 is 6.10. The fourth-order valence-corrected chi connectivity index (χ4v) is 1.96. The van der Waals surface area contributed by atoms with Crippen LogP contribution in [0.3, 0.4) is 0 Å². The van der Waals surface area contributed by atoms with Crippen LogP contribution in [0.1, 0.15) is 5.56 Å². The lowest BCUT2D eigenvalue weighted by Gasteiger charge is -2.07. The Bertz CT molecular complexity index is 705. The second-order valence-electron chi connectivity index (χ2n) is 4.05. The van der Waals surface area contributed by atoms with Crippen LogP contribution in [0.15, 0.2) is 36.8 Å². The molecule has 0 aliphatic heterocycles. The zero-order valence-electron chi connectivity index (χ0n) is 9.74. The number of nitrogens with zero attached hydrogens (tertiary/aromatic N) is 2. The number of anilines is 2. The van der Waals surface area contributed by atoms with Gasteiger partial charge in [-0.1, -0.05) is 17.7 Å². The van der Waals surface area contributed by atoms with Crippen molar-refractivity contribution in [2.75, 3.05) is 5.32 Å². The predicted octanol–water partition coefficient (Wildman–Crippen LogP) is 3.66. The average Bonchev–Trinajstić information content (AvgIpc) is 2.83. The Kier molecular flexibility index (Phi) is 2.64. The lowest BCUT2D eigenvalue weighted by molar-refractivity contribution is 1.20. The number of H-pyrrole nitrogens is 1. The largest absolute Gasteiger partial charge is 0.346 e. The number of aromatic amines is 1. The molecule has 90 valence electrons. The fraction of sp³-hybridized carbons (Fsp3) is 0.0769. The highest BCUT2D eigenvalue weighted by Gasteiger charge is 2.05. The Hall–Kier alpha value is -2.07. The highest BCUT2D eigenvalue weighted by molar-refractivity contribution is 6.31. The zero-order valence-corrected chi connectivity index (χ0v) is 10.5. The lowest BCUT2D eigenvalue weighted by Crippen LogP contribution is -1.95. The molecule has 1 aromatic carbocycles. The minimum atomic E-state index is 0.736. The first-order chi connectivity index (χ1) is 8.74. The van der Waals surface area contributed by atoms with Gasteiger partial charge in [-0.25, -0.2) is 9.97 Å². The lowest BCUT2D eigenvalue weighted by atomic mass is 10.2. The van der Waals surface area contributed by atoms with Gasteiger partial charge in [0, 0.05) is 16.9 Å². The van der Waals surface area contributed by atoms with Crippen molar-refractivity contribution in [3.63, 3.8) is 0 Å². The van der Waals surface area contributed by atoms with Crippen LogP contribution < -0.4 is 5.32 Å². The van der Waals surface area contributed by atoms with Gasteiger partial charge in [-0.2, -0.15) is 0 Å². The van der Waals surface area contributed by atoms with E-state index in [2.05, 4.69) is 20.3 Å². The molecule has 2 N–H and O–H groups in total. The number of hydrogen-bond acceptors (Lipinski definition) is 3. The summed E-state index contributed by atoms with van der Waals surface area (Å²) in [5.74, 6) is 0.765. The Labute approximate surface area is 109 Å². The second-order valence-corrected chi connectivity index (χ2v) is 4.46. The summed E-state index contributed by atoms with van der Waals surface area (Å²) in [6.45, 7) is 1.97. The molecule has 0 saturated heterocycles. The molecule has 3 aromatic rings. The normalized spacial score (nSPS) is 10.8. The molecule has 2 aromatic heterocycles. The van der Waals surface area contributed by atoms with Crippen molar-refractivity contribution in [2.45, 2.75) is 6.92 Å². The third-order valence-electron chi connectivity index (χ3n) is 2.79. The third kappa shape index (κ3) is 1.91. The SMILES string of the molecule is Cc1ccc(Nc2ncnc3[nH]ccc23)cc1Cl. The van der Waals surface area contributed by atoms with E-state index in [4.69, 9.17) is 11.6 Å². The van der Waals surface area contributed by atoms with Crippen LogP contribution in [0.2, 0.25) is 5.02 Å². The molecule has 0 bridgehead atoms. The summed E-state index contributed by atoms with van der Waals surface area (Å²) in [6, 6.07) is 7.77. The van der Waals surface area contributed by atoms with Crippen LogP contribution in [0.4, 0.5) is 11.5 Å². The number of nitrogens with one attached hydrogen (secondary N) is 2. The van der Waals surface area contributed by atoms with Crippen molar-refractivity contribution < 1.29 is 0 Å². The second kappa shape index (κ2) is 4.31. The molecule has 0 unspecified atom stereocenters. The molecule has 0 atom stereocenters. The van der Waals surface area contributed by atoms with Crippen LogP contribution in [0.5, 0.6) is 0 Å². The third-order valence-corrected chi connectivity index (χ3v) is 3.20. The summed E-state index contributed by atoms with van der Waals surface area (Å²) in [4.78, 5) is 11.4. The van der Waals surface area contributed by atoms with Gasteiger partial charge < -0.3 is 10.3 Å². The minimum absolute atomic E-state index is 0.736. The first-order valence-corrected chi connectivity index (χ1v) is 5.93. The molecule has 5 heteroatoms. The molecule has 3 rings (SSSR count). The van der Waals surface area contributed by atoms with Crippen molar-refractivity contribution in [1.82, 2.24) is 15.0 Å². The van der Waals surface area contributed by atoms with Crippen molar-refractivity contribution >= 4 is 34.1 Å². The Morgan fingerprint density at radius 3 is 2.94 bits per heavy atom. The first kappa shape index (κ1) is 11.0. The standard InChI is InChI=1S/C13H11ClN4/c1-8-2-3-9(6-11(8)14)18-13-10-4-5-15-12(10)16-7-17-13/h2-7H,1H3,(H2,15,16,17,18). The highest BCUT2D eigenvalue weighted by Crippen LogP contribution is 2.25. The monoisotopic (exact) mass is 258 g/mol. The van der Waals surface area contributed by atoms with Gasteiger partial charge in [-0.15, -0.1) is 0 Å². The van der Waals surface area contributed by atoms with Crippen molar-refractivity contribution in [2.24, 2.45) is 0 Å². The minimum Gasteiger partial charge on any atom is -0.346 e. The van der Waals surface area contributed by atoms with Crippen LogP contribution in [-0.2, 0) is 0 Å². The number of hydrogen-bond donors (Lipinski definition) is 2. The van der Waals surface area contributed by atoms with Crippen LogP contribution in [-0.4, -0.2) is 15.0 Å². The molecule has 2 heterocycles. The van der Waals surface area contributed by atoms with E-state index in [1.54, 1.807) is 0 Å². The summed E-state index contributed by atoms with van der Waals surface area (Å²) in [5.41, 5.74) is 2.77. The zero-order chi connectivity index (χ0) is 12.5. The Morgan fingerprint density at radius 2 is 2.11 bits per heavy atom. The molecule has 0 fully saturated rings. The maximum atomic E-state index is 6.10. The van der Waals surface area contributed by atoms with Crippen molar-refractivity contribution in [3.05, 3.63) is 47.4 Å². The van der Waals surface area contributed by atoms with Gasteiger partial charge in [0.1, 0.15) is 17.8 Å². The van der Waals surface area contributed by atoms with Gasteiger partial charge in [0.15, 0.2) is 0 Å². The highest BCUT2D eigenvalue weighted by atomic mass is 35.5. The molecular weight excluding hydrogens is 248 g/mol. The molecule has 0 aliphatic rings. The smallest absolute Gasteiger partial charge is 0.143 e. The van der Waals surface area contributed by atoms with E-state index in [-0.39, 0.29) is 0 Å². The average molecular weight is 259 g/mol. The van der Waals surface area contributed by atoms with Crippen LogP contribution in [0.25, 0.3) is 11.0 Å². The van der Waals surface area contributed by atoms with Gasteiger partial charge in [0.05, 0.1) is 5.39 Å². The number of aromatic nitrogens is 3. The van der Waals surface area contributed by atoms with E-state index in [0.29, 0.717) is 0 Å². The summed E-state index contributed by atoms with van der Waals surface area (Å²) < 4.78 is 0. The molecule has 0 amide bonds. The van der Waals surface area contributed by atoms with E-state index in [1.807, 2.05) is 37.4 Å². The molecule has 0 saturated carbocycles. The molecule has 0 aliphatic carbocycles. The summed E-state index contributed by atoms with van der Waals surface area (Å²) in [7, 11) is 0. The van der Waals surface area contributed by atoms with E-state index >= 15 is 0 Å². The topological polar surface area (TPSA) is 53.6 Å². The van der Waals surface area contributed by atoms with E-state index in [0.717, 1.165) is 33.1 Å². The molecule has 18 heavy (non-hydrogen) atoms. The van der Waals surface area contributed by atoms with Crippen molar-refractivity contribution in [3.8, 4) is 0 Å². The van der Waals surface area contributed by atoms with E-state index in [1.165, 1.54) is 6.33 Å². The number of halogens is 1. The fourth-order valence-electron chi connectivity index (χ4n) is 1.78. The van der Waals surface area contributed by atoms with Gasteiger partial charge >= 0.3 is 0 Å². The van der Waals surface area contributed by atoms with Crippen molar-refractivity contribution in [1.29, 1.82) is 0 Å². The molecule has 0 radical (unpaired) electrons. The quantitative estimate of drug-likeness (QED) is 0.737. The van der Waals surface area contributed by atoms with Gasteiger partial charge in [0.2, 0.25) is 0 Å². The predicted molar refractivity (Wildman–Crippen MR) is 73.4 cm³/mol. The number of benzene rings is 1. The van der Waals surface area contributed by atoms with Gasteiger partial charge in [-0.3, -0.25) is 0 Å². The van der Waals surface area contributed by atoms with Crippen LogP contribution in [0, 0.1) is 6.92 Å². The maximum Gasteiger partial charge on any atom is 0.143 e. The maximum absolute atomic E-state index is 6.10. The van der Waals surface area contributed by atoms with E-state index in [9.17, 15) is 0 Å². The molecule has 0 spiro atoms. The first-order valence-electron chi connectivity index (χ1n) is 5.55. The Balaban J connectivity index is 2.01. The Morgan fingerprint density at radius 1 is 1.22 bits per heavy atom. The molecular formula is C13H11ClN4. The summed E-state index contributed by atoms with van der Waals surface area (Å²) in [6.07, 6.45) is 3.36. The number of rotatable bonds is 2. The van der Waals surface area contributed by atoms with Crippen LogP contribution >= 0.6 is 11.6 Å².